The Bertz CT molecular complexity index is 876. The number of hydrogen-bond acceptors (Lipinski definition) is 5. The van der Waals surface area contributed by atoms with Crippen LogP contribution in [0.3, 0.4) is 0 Å². The van der Waals surface area contributed by atoms with Crippen molar-refractivity contribution in [1.82, 2.24) is 14.7 Å². The number of rotatable bonds is 5. The van der Waals surface area contributed by atoms with E-state index in [0.29, 0.717) is 13.1 Å². The Labute approximate surface area is 146 Å². The number of hydrazone groups is 1. The molecule has 1 aliphatic heterocycles. The smallest absolute Gasteiger partial charge is 0.267 e. The summed E-state index contributed by atoms with van der Waals surface area (Å²) in [4.78, 5) is 16.2. The molecule has 0 saturated carbocycles. The molecule has 1 saturated heterocycles. The predicted molar refractivity (Wildman–Crippen MR) is 93.7 cm³/mol. The molecule has 0 spiro atoms. The summed E-state index contributed by atoms with van der Waals surface area (Å²) in [7, 11) is -3.55. The first kappa shape index (κ1) is 17.2. The van der Waals surface area contributed by atoms with Crippen LogP contribution in [-0.4, -0.2) is 42.9 Å². The monoisotopic (exact) mass is 358 g/mol. The lowest BCUT2D eigenvalue weighted by atomic mass is 10.2. The molecule has 1 amide bonds. The van der Waals surface area contributed by atoms with Crippen LogP contribution in [0, 0.1) is 0 Å². The molecule has 0 bridgehead atoms. The topological polar surface area (TPSA) is 91.7 Å². The van der Waals surface area contributed by atoms with Crippen LogP contribution in [0.1, 0.15) is 28.8 Å². The number of carbonyl (C=O) groups excluding carboxylic acids is 1. The fraction of sp³-hybridized carbons (Fsp3) is 0.235. The number of amides is 1. The van der Waals surface area contributed by atoms with Crippen molar-refractivity contribution in [3.05, 3.63) is 59.9 Å². The van der Waals surface area contributed by atoms with Gasteiger partial charge in [-0.15, -0.1) is 0 Å². The second kappa shape index (κ2) is 7.54. The van der Waals surface area contributed by atoms with E-state index in [4.69, 9.17) is 0 Å². The van der Waals surface area contributed by atoms with E-state index in [0.717, 1.165) is 18.4 Å². The Morgan fingerprint density at radius 1 is 1.16 bits per heavy atom. The van der Waals surface area contributed by atoms with Crippen LogP contribution in [0.25, 0.3) is 0 Å². The van der Waals surface area contributed by atoms with Gasteiger partial charge in [0, 0.05) is 31.0 Å². The van der Waals surface area contributed by atoms with E-state index in [-0.39, 0.29) is 10.5 Å². The normalized spacial score (nSPS) is 15.5. The number of carbonyl (C=O) groups is 1. The summed E-state index contributed by atoms with van der Waals surface area (Å²) >= 11 is 0. The molecule has 1 N–H and O–H groups in total. The van der Waals surface area contributed by atoms with Crippen molar-refractivity contribution in [3.63, 3.8) is 0 Å². The van der Waals surface area contributed by atoms with Crippen molar-refractivity contribution in [2.24, 2.45) is 5.10 Å². The molecule has 0 atom stereocenters. The van der Waals surface area contributed by atoms with Gasteiger partial charge in [-0.3, -0.25) is 9.78 Å². The van der Waals surface area contributed by atoms with Crippen LogP contribution in [0.15, 0.2) is 58.8 Å². The molecule has 0 radical (unpaired) electrons. The molecular formula is C17H18N4O3S. The summed E-state index contributed by atoms with van der Waals surface area (Å²) < 4.78 is 26.6. The van der Waals surface area contributed by atoms with Gasteiger partial charge in [0.15, 0.2) is 0 Å². The summed E-state index contributed by atoms with van der Waals surface area (Å²) in [6, 6.07) is 9.50. The van der Waals surface area contributed by atoms with Crippen molar-refractivity contribution in [2.45, 2.75) is 17.7 Å². The van der Waals surface area contributed by atoms with Crippen molar-refractivity contribution < 1.29 is 13.2 Å². The number of pyridine rings is 1. The molecule has 0 aliphatic carbocycles. The lowest BCUT2D eigenvalue weighted by Gasteiger charge is -2.15. The van der Waals surface area contributed by atoms with E-state index in [9.17, 15) is 13.2 Å². The summed E-state index contributed by atoms with van der Waals surface area (Å²) in [5, 5.41) is 3.88. The third-order valence-corrected chi connectivity index (χ3v) is 5.78. The largest absolute Gasteiger partial charge is 0.271 e. The lowest BCUT2D eigenvalue weighted by Crippen LogP contribution is -2.28. The highest BCUT2D eigenvalue weighted by Crippen LogP contribution is 2.21. The Kier molecular flexibility index (Phi) is 5.20. The quantitative estimate of drug-likeness (QED) is 0.649. The number of nitrogens with one attached hydrogen (secondary N) is 1. The molecular weight excluding hydrogens is 340 g/mol. The van der Waals surface area contributed by atoms with Gasteiger partial charge < -0.3 is 0 Å². The third kappa shape index (κ3) is 4.09. The van der Waals surface area contributed by atoms with Gasteiger partial charge in [-0.2, -0.15) is 9.41 Å². The second-order valence-electron chi connectivity index (χ2n) is 5.62. The van der Waals surface area contributed by atoms with Gasteiger partial charge >= 0.3 is 0 Å². The summed E-state index contributed by atoms with van der Waals surface area (Å²) in [5.41, 5.74) is 3.43. The van der Waals surface area contributed by atoms with Crippen LogP contribution in [0.4, 0.5) is 0 Å². The highest BCUT2D eigenvalue weighted by molar-refractivity contribution is 7.89. The molecule has 0 unspecified atom stereocenters. The molecule has 1 aromatic carbocycles. The van der Waals surface area contributed by atoms with Gasteiger partial charge in [0.25, 0.3) is 5.91 Å². The summed E-state index contributed by atoms with van der Waals surface area (Å²) in [6.45, 7) is 1.05. The average Bonchev–Trinajstić information content (AvgIpc) is 3.18. The van der Waals surface area contributed by atoms with Gasteiger partial charge in [0.1, 0.15) is 0 Å². The van der Waals surface area contributed by atoms with Crippen molar-refractivity contribution >= 4 is 22.1 Å². The maximum atomic E-state index is 12.6. The van der Waals surface area contributed by atoms with Gasteiger partial charge in [0.05, 0.1) is 11.1 Å². The first-order chi connectivity index (χ1) is 12.1. The maximum Gasteiger partial charge on any atom is 0.271 e. The van der Waals surface area contributed by atoms with Crippen LogP contribution >= 0.6 is 0 Å². The highest BCUT2D eigenvalue weighted by Gasteiger charge is 2.27. The molecule has 7 nitrogen and oxygen atoms in total. The zero-order valence-corrected chi connectivity index (χ0v) is 14.3. The number of benzene rings is 1. The minimum atomic E-state index is -3.55. The number of aromatic nitrogens is 1. The van der Waals surface area contributed by atoms with Crippen molar-refractivity contribution in [2.75, 3.05) is 13.1 Å². The van der Waals surface area contributed by atoms with E-state index < -0.39 is 15.9 Å². The molecule has 2 aromatic rings. The van der Waals surface area contributed by atoms with Gasteiger partial charge in [-0.25, -0.2) is 13.8 Å². The van der Waals surface area contributed by atoms with Crippen molar-refractivity contribution in [1.29, 1.82) is 0 Å². The van der Waals surface area contributed by atoms with Crippen LogP contribution in [0.5, 0.6) is 0 Å². The number of nitrogens with zero attached hydrogens (tertiary/aromatic N) is 3. The first-order valence-electron chi connectivity index (χ1n) is 7.91. The molecule has 25 heavy (non-hydrogen) atoms. The van der Waals surface area contributed by atoms with E-state index in [1.54, 1.807) is 36.7 Å². The molecule has 1 aliphatic rings. The highest BCUT2D eigenvalue weighted by atomic mass is 32.2. The minimum absolute atomic E-state index is 0.125. The van der Waals surface area contributed by atoms with E-state index in [2.05, 4.69) is 15.5 Å². The van der Waals surface area contributed by atoms with Crippen LogP contribution < -0.4 is 5.43 Å². The SMILES string of the molecule is O=C(N/N=C/c1ccncc1)c1cccc(S(=O)(=O)N2CCCC2)c1. The number of sulfonamides is 1. The molecule has 130 valence electrons. The Hall–Kier alpha value is -2.58. The van der Waals surface area contributed by atoms with E-state index >= 15 is 0 Å². The molecule has 1 fully saturated rings. The molecule has 3 rings (SSSR count). The molecule has 8 heteroatoms. The van der Waals surface area contributed by atoms with E-state index in [1.165, 1.54) is 22.7 Å². The zero-order chi connectivity index (χ0) is 17.7. The average molecular weight is 358 g/mol. The maximum absolute atomic E-state index is 12.6. The fourth-order valence-corrected chi connectivity index (χ4v) is 4.12. The third-order valence-electron chi connectivity index (χ3n) is 3.88. The summed E-state index contributed by atoms with van der Waals surface area (Å²) in [6.07, 6.45) is 6.46. The van der Waals surface area contributed by atoms with Crippen LogP contribution in [0.2, 0.25) is 0 Å². The Balaban J connectivity index is 1.72. The second-order valence-corrected chi connectivity index (χ2v) is 7.56. The predicted octanol–water partition coefficient (Wildman–Crippen LogP) is 1.63. The minimum Gasteiger partial charge on any atom is -0.267 e. The zero-order valence-electron chi connectivity index (χ0n) is 13.5. The van der Waals surface area contributed by atoms with Gasteiger partial charge in [-0.05, 0) is 48.7 Å². The van der Waals surface area contributed by atoms with Crippen molar-refractivity contribution in [3.8, 4) is 0 Å². The molecule has 2 heterocycles. The standard InChI is InChI=1S/C17H18N4O3S/c22-17(20-19-13-14-6-8-18-9-7-14)15-4-3-5-16(12-15)25(23,24)21-10-1-2-11-21/h3-9,12-13H,1-2,10-11H2,(H,20,22)/b19-13+. The van der Waals surface area contributed by atoms with Gasteiger partial charge in [0.2, 0.25) is 10.0 Å². The fourth-order valence-electron chi connectivity index (χ4n) is 2.55. The lowest BCUT2D eigenvalue weighted by molar-refractivity contribution is 0.0955. The Morgan fingerprint density at radius 3 is 2.60 bits per heavy atom. The van der Waals surface area contributed by atoms with Gasteiger partial charge in [-0.1, -0.05) is 6.07 Å². The van der Waals surface area contributed by atoms with E-state index in [1.807, 2.05) is 0 Å². The number of hydrogen-bond donors (Lipinski definition) is 1. The summed E-state index contributed by atoms with van der Waals surface area (Å²) in [5.74, 6) is -0.469. The Morgan fingerprint density at radius 2 is 1.88 bits per heavy atom. The van der Waals surface area contributed by atoms with Crippen LogP contribution in [-0.2, 0) is 10.0 Å². The first-order valence-corrected chi connectivity index (χ1v) is 9.35. The molecule has 1 aromatic heterocycles.